The predicted octanol–water partition coefficient (Wildman–Crippen LogP) is 6.86. The van der Waals surface area contributed by atoms with Crippen molar-refractivity contribution in [1.82, 2.24) is 19.9 Å². The predicted molar refractivity (Wildman–Crippen MR) is 172 cm³/mol. The van der Waals surface area contributed by atoms with Gasteiger partial charge in [0, 0.05) is 53.6 Å². The Hall–Kier alpha value is -6.09. The van der Waals surface area contributed by atoms with Gasteiger partial charge in [-0.1, -0.05) is 24.3 Å². The monoisotopic (exact) mass is 576 g/mol. The maximum Gasteiger partial charge on any atom is 0.137 e. The molecule has 214 valence electrons. The third-order valence-corrected chi connectivity index (χ3v) is 7.35. The standard InChI is InChI=1S/C35H28N8O/c36-26-17-24(22-42(32-9-1-5-13-38-32)33-10-2-6-14-39-33)28-21-29-25(18-27(37)20-31(29)44-30(28)19-26)23-43(34-11-3-7-15-40-34)35-12-4-8-16-41-35/h1-21,36H,22-23,37H2. The molecule has 3 N–H and O–H groups in total. The van der Waals surface area contributed by atoms with Gasteiger partial charge in [0.15, 0.2) is 0 Å². The summed E-state index contributed by atoms with van der Waals surface area (Å²) in [6, 6.07) is 32.7. The number of pyridine rings is 4. The van der Waals surface area contributed by atoms with Gasteiger partial charge in [0.2, 0.25) is 0 Å². The molecule has 0 saturated heterocycles. The van der Waals surface area contributed by atoms with Gasteiger partial charge in [0.25, 0.3) is 0 Å². The van der Waals surface area contributed by atoms with Crippen molar-refractivity contribution >= 4 is 39.9 Å². The Balaban J connectivity index is 1.37. The zero-order chi connectivity index (χ0) is 29.9. The zero-order valence-corrected chi connectivity index (χ0v) is 23.7. The first-order valence-corrected chi connectivity index (χ1v) is 14.1. The molecule has 7 rings (SSSR count). The van der Waals surface area contributed by atoms with Gasteiger partial charge in [-0.2, -0.15) is 0 Å². The van der Waals surface area contributed by atoms with Crippen LogP contribution in [0, 0.1) is 5.41 Å². The van der Waals surface area contributed by atoms with Crippen LogP contribution < -0.4 is 20.9 Å². The number of nitrogen functional groups attached to an aromatic ring is 1. The molecule has 1 aliphatic carbocycles. The van der Waals surface area contributed by atoms with E-state index in [1.165, 1.54) is 0 Å². The van der Waals surface area contributed by atoms with Gasteiger partial charge >= 0.3 is 0 Å². The molecular weight excluding hydrogens is 548 g/mol. The van der Waals surface area contributed by atoms with E-state index in [-0.39, 0.29) is 0 Å². The Morgan fingerprint density at radius 3 is 1.57 bits per heavy atom. The van der Waals surface area contributed by atoms with Crippen LogP contribution in [0.1, 0.15) is 11.1 Å². The van der Waals surface area contributed by atoms with Gasteiger partial charge in [-0.15, -0.1) is 0 Å². The van der Waals surface area contributed by atoms with Gasteiger partial charge in [0.05, 0.1) is 18.4 Å². The molecule has 0 radical (unpaired) electrons. The van der Waals surface area contributed by atoms with Gasteiger partial charge in [-0.25, -0.2) is 19.9 Å². The number of nitrogens with one attached hydrogen (secondary N) is 1. The average molecular weight is 577 g/mol. The van der Waals surface area contributed by atoms with Crippen molar-refractivity contribution in [3.05, 3.63) is 144 Å². The maximum atomic E-state index is 8.59. The van der Waals surface area contributed by atoms with E-state index < -0.39 is 0 Å². The molecule has 9 heteroatoms. The van der Waals surface area contributed by atoms with Crippen LogP contribution in [0.2, 0.25) is 0 Å². The first-order chi connectivity index (χ1) is 21.6. The minimum absolute atomic E-state index is 0.346. The Kier molecular flexibility index (Phi) is 7.09. The Bertz CT molecular complexity index is 1970. The van der Waals surface area contributed by atoms with Gasteiger partial charge < -0.3 is 25.4 Å². The van der Waals surface area contributed by atoms with Crippen molar-refractivity contribution in [3.63, 3.8) is 0 Å². The van der Waals surface area contributed by atoms with Crippen LogP contribution in [-0.4, -0.2) is 19.9 Å². The molecule has 0 unspecified atom stereocenters. The summed E-state index contributed by atoms with van der Waals surface area (Å²) in [6.07, 6.45) is 7.06. The topological polar surface area (TPSA) is 121 Å². The zero-order valence-electron chi connectivity index (χ0n) is 23.7. The number of benzene rings is 2. The van der Waals surface area contributed by atoms with Crippen molar-refractivity contribution in [2.24, 2.45) is 0 Å². The minimum atomic E-state index is 0.346. The van der Waals surface area contributed by atoms with Crippen LogP contribution in [0.4, 0.5) is 29.0 Å². The van der Waals surface area contributed by atoms with E-state index in [9.17, 15) is 0 Å². The summed E-state index contributed by atoms with van der Waals surface area (Å²) < 4.78 is 6.48. The molecule has 9 nitrogen and oxygen atoms in total. The summed E-state index contributed by atoms with van der Waals surface area (Å²) in [7, 11) is 0. The summed E-state index contributed by atoms with van der Waals surface area (Å²) in [4.78, 5) is 22.5. The lowest BCUT2D eigenvalue weighted by molar-refractivity contribution is 0.616. The van der Waals surface area contributed by atoms with Crippen molar-refractivity contribution in [3.8, 4) is 11.3 Å². The second-order valence-electron chi connectivity index (χ2n) is 10.3. The first kappa shape index (κ1) is 26.8. The largest absolute Gasteiger partial charge is 0.456 e. The second-order valence-corrected chi connectivity index (χ2v) is 10.3. The summed E-state index contributed by atoms with van der Waals surface area (Å²) >= 11 is 0. The Labute approximate surface area is 253 Å². The highest BCUT2D eigenvalue weighted by Gasteiger charge is 2.21. The van der Waals surface area contributed by atoms with E-state index in [2.05, 4.69) is 30.9 Å². The van der Waals surface area contributed by atoms with E-state index >= 15 is 0 Å². The third-order valence-electron chi connectivity index (χ3n) is 7.35. The highest BCUT2D eigenvalue weighted by Crippen LogP contribution is 2.36. The number of aromatic nitrogens is 4. The highest BCUT2D eigenvalue weighted by atomic mass is 16.3. The van der Waals surface area contributed by atoms with E-state index in [4.69, 9.17) is 15.6 Å². The van der Waals surface area contributed by atoms with Crippen molar-refractivity contribution in [2.75, 3.05) is 15.5 Å². The van der Waals surface area contributed by atoms with E-state index in [1.54, 1.807) is 30.9 Å². The van der Waals surface area contributed by atoms with Gasteiger partial charge in [0.1, 0.15) is 34.6 Å². The molecule has 0 bridgehead atoms. The normalized spacial score (nSPS) is 11.1. The van der Waals surface area contributed by atoms with Gasteiger partial charge in [-0.05, 0) is 77.9 Å². The molecule has 1 aliphatic heterocycles. The maximum absolute atomic E-state index is 8.59. The van der Waals surface area contributed by atoms with Crippen LogP contribution in [0.25, 0.3) is 22.3 Å². The second kappa shape index (κ2) is 11.7. The number of hydrogen-bond acceptors (Lipinski definition) is 9. The van der Waals surface area contributed by atoms with E-state index in [0.717, 1.165) is 45.3 Å². The fourth-order valence-corrected chi connectivity index (χ4v) is 5.37. The molecule has 0 amide bonds. The molecule has 0 spiro atoms. The molecule has 5 aromatic rings. The van der Waals surface area contributed by atoms with Crippen LogP contribution in [-0.2, 0) is 13.1 Å². The molecular formula is C35H28N8O. The summed E-state index contributed by atoms with van der Waals surface area (Å²) in [5.74, 6) is 3.63. The van der Waals surface area contributed by atoms with Crippen LogP contribution in [0.5, 0.6) is 0 Å². The molecule has 0 fully saturated rings. The minimum Gasteiger partial charge on any atom is -0.456 e. The number of nitrogens with two attached hydrogens (primary N) is 1. The highest BCUT2D eigenvalue weighted by molar-refractivity contribution is 5.89. The number of rotatable bonds is 8. The number of nitrogens with zero attached hydrogens (tertiary/aromatic N) is 6. The molecule has 1 aromatic carbocycles. The molecule has 2 aliphatic rings. The third kappa shape index (κ3) is 5.41. The fraction of sp³-hybridized carbons (Fsp3) is 0.0571. The first-order valence-electron chi connectivity index (χ1n) is 14.1. The lowest BCUT2D eigenvalue weighted by Gasteiger charge is -2.25. The van der Waals surface area contributed by atoms with E-state index in [1.807, 2.05) is 95.9 Å². The van der Waals surface area contributed by atoms with Crippen molar-refractivity contribution in [1.29, 1.82) is 5.41 Å². The van der Waals surface area contributed by atoms with Crippen LogP contribution in [0.15, 0.2) is 132 Å². The van der Waals surface area contributed by atoms with Crippen molar-refractivity contribution < 1.29 is 4.42 Å². The Morgan fingerprint density at radius 2 is 1.09 bits per heavy atom. The number of fused-ring (bicyclic) bond motifs is 2. The molecule has 0 saturated carbocycles. The molecule has 4 aromatic heterocycles. The molecule has 5 heterocycles. The average Bonchev–Trinajstić information content (AvgIpc) is 3.06. The Morgan fingerprint density at radius 1 is 0.591 bits per heavy atom. The fourth-order valence-electron chi connectivity index (χ4n) is 5.37. The molecule has 44 heavy (non-hydrogen) atoms. The lowest BCUT2D eigenvalue weighted by atomic mass is 9.98. The molecule has 0 atom stereocenters. The number of hydrogen-bond donors (Lipinski definition) is 2. The number of anilines is 5. The smallest absolute Gasteiger partial charge is 0.137 e. The lowest BCUT2D eigenvalue weighted by Crippen LogP contribution is -2.20. The van der Waals surface area contributed by atoms with Crippen LogP contribution >= 0.6 is 0 Å². The summed E-state index contributed by atoms with van der Waals surface area (Å²) in [6.45, 7) is 0.882. The van der Waals surface area contributed by atoms with E-state index in [0.29, 0.717) is 35.5 Å². The van der Waals surface area contributed by atoms with Crippen molar-refractivity contribution in [2.45, 2.75) is 13.1 Å². The quantitative estimate of drug-likeness (QED) is 0.149. The summed E-state index contributed by atoms with van der Waals surface area (Å²) in [5.41, 5.74) is 10.4. The van der Waals surface area contributed by atoms with Crippen LogP contribution in [0.3, 0.4) is 0 Å². The summed E-state index contributed by atoms with van der Waals surface area (Å²) in [5, 5.41) is 9.84. The SMILES string of the molecule is N=c1cc2oc3cc(N)cc(CN(c4ccccn4)c4ccccn4)c3cc-2c(CN(c2ccccn2)c2ccccn2)c1. The van der Waals surface area contributed by atoms with Gasteiger partial charge in [-0.3, -0.25) is 0 Å².